The van der Waals surface area contributed by atoms with Crippen LogP contribution >= 0.6 is 0 Å². The van der Waals surface area contributed by atoms with E-state index in [1.807, 2.05) is 0 Å². The van der Waals surface area contributed by atoms with Crippen molar-refractivity contribution >= 4 is 24.0 Å². The second-order valence-corrected chi connectivity index (χ2v) is 28.0. The van der Waals surface area contributed by atoms with Crippen LogP contribution in [0.4, 0.5) is 9.59 Å². The highest BCUT2D eigenvalue weighted by molar-refractivity contribution is 5.76. The van der Waals surface area contributed by atoms with Crippen LogP contribution in [-0.2, 0) is 19.1 Å². The Balaban J connectivity index is 3.27. The zero-order chi connectivity index (χ0) is 64.9. The minimum Gasteiger partial charge on any atom is -0.450 e. The first-order valence-electron chi connectivity index (χ1n) is 40.8. The largest absolute Gasteiger partial charge is 0.450 e. The second kappa shape index (κ2) is 78.9. The number of hydrogen-bond acceptors (Lipinski definition) is 6. The highest BCUT2D eigenvalue weighted by atomic mass is 16.6. The number of hydrogen-bond donors (Lipinski definition) is 4. The van der Waals surface area contributed by atoms with Crippen molar-refractivity contribution in [2.75, 3.05) is 39.4 Å². The summed E-state index contributed by atoms with van der Waals surface area (Å²) in [4.78, 5) is 48.6. The molecular formula is C80H158N4O6. The molecule has 0 spiro atoms. The van der Waals surface area contributed by atoms with Crippen LogP contribution in [0.5, 0.6) is 0 Å². The Kier molecular flexibility index (Phi) is 76.7. The third kappa shape index (κ3) is 77.9. The molecule has 534 valence electrons. The average molecular weight is 1270 g/mol. The smallest absolute Gasteiger partial charge is 0.407 e. The molecule has 0 aromatic carbocycles. The summed E-state index contributed by atoms with van der Waals surface area (Å²) in [7, 11) is 0. The van der Waals surface area contributed by atoms with Gasteiger partial charge in [-0.05, 0) is 51.4 Å². The van der Waals surface area contributed by atoms with Gasteiger partial charge in [-0.1, -0.05) is 386 Å². The van der Waals surface area contributed by atoms with Gasteiger partial charge in [-0.15, -0.1) is 0 Å². The molecule has 0 aromatic heterocycles. The highest BCUT2D eigenvalue weighted by Crippen LogP contribution is 2.19. The van der Waals surface area contributed by atoms with Crippen molar-refractivity contribution in [3.05, 3.63) is 0 Å². The van der Waals surface area contributed by atoms with Crippen molar-refractivity contribution in [2.45, 2.75) is 450 Å². The number of nitrogens with one attached hydrogen (secondary N) is 4. The first-order chi connectivity index (χ1) is 44.5. The molecule has 0 fully saturated rings. The van der Waals surface area contributed by atoms with E-state index in [0.29, 0.717) is 39.1 Å². The van der Waals surface area contributed by atoms with Crippen molar-refractivity contribution in [3.8, 4) is 0 Å². The summed E-state index contributed by atoms with van der Waals surface area (Å²) in [6.07, 6.45) is 86.2. The number of unbranched alkanes of at least 4 members (excludes halogenated alkanes) is 61. The molecule has 0 radical (unpaired) electrons. The molecular weight excluding hydrogens is 1110 g/mol. The van der Waals surface area contributed by atoms with E-state index in [2.05, 4.69) is 35.1 Å². The molecule has 0 rings (SSSR count). The van der Waals surface area contributed by atoms with Crippen molar-refractivity contribution in [1.29, 1.82) is 0 Å². The van der Waals surface area contributed by atoms with Gasteiger partial charge in [0.1, 0.15) is 0 Å². The van der Waals surface area contributed by atoms with Gasteiger partial charge in [0.15, 0.2) is 0 Å². The molecule has 0 aliphatic heterocycles. The standard InChI is InChI=1S/C80H158N4O6/c1-3-5-7-9-11-13-15-17-19-25-31-37-43-49-55-63-71-81-77(85)69-61-53-47-41-35-29-23-21-27-33-39-45-51-59-67-75-89-79(87)83-73-65-57-58-66-74-84-80(88)90-76-68-60-52-46-40-34-28-22-24-30-36-42-48-54-62-70-78(86)82-72-64-56-50-44-38-32-26-20-18-16-14-12-10-8-6-4-2/h3-76H2,1-2H3,(H,81,85)(H,82,86)(H,83,87)(H,84,88). The third-order valence-corrected chi connectivity index (χ3v) is 18.9. The Bertz CT molecular complexity index is 1330. The minimum absolute atomic E-state index is 0.254. The summed E-state index contributed by atoms with van der Waals surface area (Å²) in [5.74, 6) is 0.507. The maximum absolute atomic E-state index is 12.2. The number of carbonyl (C=O) groups excluding carboxylic acids is 4. The molecule has 10 nitrogen and oxygen atoms in total. The fourth-order valence-corrected chi connectivity index (χ4v) is 12.8. The fourth-order valence-electron chi connectivity index (χ4n) is 12.8. The molecule has 0 heterocycles. The van der Waals surface area contributed by atoms with Crippen molar-refractivity contribution in [1.82, 2.24) is 21.3 Å². The maximum Gasteiger partial charge on any atom is 0.407 e. The predicted molar refractivity (Wildman–Crippen MR) is 390 cm³/mol. The van der Waals surface area contributed by atoms with Gasteiger partial charge >= 0.3 is 12.2 Å². The van der Waals surface area contributed by atoms with Gasteiger partial charge in [-0.3, -0.25) is 9.59 Å². The zero-order valence-corrected chi connectivity index (χ0v) is 60.8. The summed E-state index contributed by atoms with van der Waals surface area (Å²) < 4.78 is 10.8. The van der Waals surface area contributed by atoms with Crippen LogP contribution in [0.2, 0.25) is 0 Å². The lowest BCUT2D eigenvalue weighted by Crippen LogP contribution is -2.26. The maximum atomic E-state index is 12.2. The number of ether oxygens (including phenoxy) is 2. The Morgan fingerprint density at radius 1 is 0.189 bits per heavy atom. The topological polar surface area (TPSA) is 135 Å². The number of carbonyl (C=O) groups is 4. The molecule has 0 unspecified atom stereocenters. The Morgan fingerprint density at radius 3 is 0.544 bits per heavy atom. The summed E-state index contributed by atoms with van der Waals surface area (Å²) in [6, 6.07) is 0. The quantitative estimate of drug-likeness (QED) is 0.0448. The highest BCUT2D eigenvalue weighted by Gasteiger charge is 2.07. The monoisotopic (exact) mass is 1270 g/mol. The van der Waals surface area contributed by atoms with E-state index in [0.717, 1.165) is 90.1 Å². The summed E-state index contributed by atoms with van der Waals surface area (Å²) in [5, 5.41) is 12.1. The molecule has 90 heavy (non-hydrogen) atoms. The van der Waals surface area contributed by atoms with Gasteiger partial charge < -0.3 is 30.7 Å². The molecule has 0 saturated carbocycles. The van der Waals surface area contributed by atoms with Gasteiger partial charge in [0, 0.05) is 39.0 Å². The zero-order valence-electron chi connectivity index (χ0n) is 60.8. The molecule has 0 saturated heterocycles. The van der Waals surface area contributed by atoms with E-state index in [1.54, 1.807) is 0 Å². The van der Waals surface area contributed by atoms with E-state index >= 15 is 0 Å². The Morgan fingerprint density at radius 2 is 0.344 bits per heavy atom. The van der Waals surface area contributed by atoms with Crippen LogP contribution in [0.1, 0.15) is 450 Å². The van der Waals surface area contributed by atoms with Crippen molar-refractivity contribution in [2.24, 2.45) is 0 Å². The average Bonchev–Trinajstić information content (AvgIpc) is 3.54. The molecule has 10 heteroatoms. The van der Waals surface area contributed by atoms with E-state index < -0.39 is 0 Å². The van der Waals surface area contributed by atoms with Crippen LogP contribution in [0, 0.1) is 0 Å². The lowest BCUT2D eigenvalue weighted by atomic mass is 10.0. The molecule has 0 aromatic rings. The van der Waals surface area contributed by atoms with Crippen LogP contribution < -0.4 is 21.3 Å². The molecule has 4 amide bonds. The second-order valence-electron chi connectivity index (χ2n) is 28.0. The third-order valence-electron chi connectivity index (χ3n) is 18.9. The SMILES string of the molecule is CCCCCCCCCCCCCCCCCCNC(=O)CCCCCCCCCCCCCCCCCOC(=O)NCCCCCCNC(=O)OCCCCCCCCCCCCCCCCCC(=O)NCCCCCCCCCCCCCCCCCC. The lowest BCUT2D eigenvalue weighted by Gasteiger charge is -2.08. The minimum atomic E-state index is -0.307. The van der Waals surface area contributed by atoms with Gasteiger partial charge in [-0.2, -0.15) is 0 Å². The molecule has 4 N–H and O–H groups in total. The number of amides is 4. The van der Waals surface area contributed by atoms with Crippen LogP contribution in [0.15, 0.2) is 0 Å². The van der Waals surface area contributed by atoms with Gasteiger partial charge in [0.2, 0.25) is 11.8 Å². The van der Waals surface area contributed by atoms with Gasteiger partial charge in [-0.25, -0.2) is 9.59 Å². The number of alkyl carbamates (subject to hydrolysis) is 2. The summed E-state index contributed by atoms with van der Waals surface area (Å²) in [6.45, 7) is 8.54. The van der Waals surface area contributed by atoms with E-state index in [4.69, 9.17) is 9.47 Å². The first-order valence-corrected chi connectivity index (χ1v) is 40.8. The van der Waals surface area contributed by atoms with Crippen LogP contribution in [0.25, 0.3) is 0 Å². The Labute approximate surface area is 561 Å². The Hall–Kier alpha value is -2.52. The van der Waals surface area contributed by atoms with E-state index in [-0.39, 0.29) is 24.0 Å². The van der Waals surface area contributed by atoms with Crippen LogP contribution in [-0.4, -0.2) is 63.4 Å². The van der Waals surface area contributed by atoms with E-state index in [9.17, 15) is 19.2 Å². The summed E-state index contributed by atoms with van der Waals surface area (Å²) >= 11 is 0. The van der Waals surface area contributed by atoms with Gasteiger partial charge in [0.25, 0.3) is 0 Å². The fraction of sp³-hybridized carbons (Fsp3) is 0.950. The van der Waals surface area contributed by atoms with Crippen LogP contribution in [0.3, 0.4) is 0 Å². The molecule has 0 atom stereocenters. The molecule has 0 aliphatic carbocycles. The van der Waals surface area contributed by atoms with Crippen molar-refractivity contribution < 1.29 is 28.7 Å². The first kappa shape index (κ1) is 87.5. The normalized spacial score (nSPS) is 11.4. The van der Waals surface area contributed by atoms with Gasteiger partial charge in [0.05, 0.1) is 13.2 Å². The predicted octanol–water partition coefficient (Wildman–Crippen LogP) is 25.2. The van der Waals surface area contributed by atoms with Crippen molar-refractivity contribution in [3.63, 3.8) is 0 Å². The molecule has 0 bridgehead atoms. The lowest BCUT2D eigenvalue weighted by molar-refractivity contribution is -0.122. The van der Waals surface area contributed by atoms with E-state index in [1.165, 1.54) is 347 Å². The summed E-state index contributed by atoms with van der Waals surface area (Å²) in [5.41, 5.74) is 0. The molecule has 0 aliphatic rings. The number of rotatable bonds is 77.